The van der Waals surface area contributed by atoms with Gasteiger partial charge in [0.15, 0.2) is 11.5 Å². The van der Waals surface area contributed by atoms with Crippen LogP contribution in [0.15, 0.2) is 61.2 Å². The van der Waals surface area contributed by atoms with E-state index >= 15 is 0 Å². The van der Waals surface area contributed by atoms with Gasteiger partial charge in [0, 0.05) is 19.2 Å². The van der Waals surface area contributed by atoms with Gasteiger partial charge in [-0.15, -0.1) is 6.58 Å². The summed E-state index contributed by atoms with van der Waals surface area (Å²) >= 11 is 0. The second-order valence-electron chi connectivity index (χ2n) is 6.76. The third-order valence-electron chi connectivity index (χ3n) is 4.48. The fourth-order valence-electron chi connectivity index (χ4n) is 2.80. The Bertz CT molecular complexity index is 911. The van der Waals surface area contributed by atoms with Gasteiger partial charge in [0.25, 0.3) is 0 Å². The van der Waals surface area contributed by atoms with Gasteiger partial charge in [-0.25, -0.2) is 0 Å². The van der Waals surface area contributed by atoms with Crippen molar-refractivity contribution >= 4 is 12.0 Å². The van der Waals surface area contributed by atoms with Gasteiger partial charge in [-0.1, -0.05) is 37.6 Å². The highest BCUT2D eigenvalue weighted by Crippen LogP contribution is 2.28. The molecular weight excluding hydrogens is 376 g/mol. The molecular formula is C25H28N2O3. The Morgan fingerprint density at radius 2 is 1.97 bits per heavy atom. The van der Waals surface area contributed by atoms with Crippen molar-refractivity contribution in [3.8, 4) is 17.6 Å². The van der Waals surface area contributed by atoms with Crippen LogP contribution in [0.5, 0.6) is 11.5 Å². The van der Waals surface area contributed by atoms with Crippen LogP contribution in [0, 0.1) is 11.3 Å². The summed E-state index contributed by atoms with van der Waals surface area (Å²) in [5, 5.41) is 8.92. The maximum Gasteiger partial charge on any atom is 0.247 e. The largest absolute Gasteiger partial charge is 0.493 e. The number of benzene rings is 2. The van der Waals surface area contributed by atoms with Crippen molar-refractivity contribution in [2.75, 3.05) is 20.3 Å². The number of nitriles is 1. The van der Waals surface area contributed by atoms with E-state index in [1.165, 1.54) is 0 Å². The highest BCUT2D eigenvalue weighted by Gasteiger charge is 2.10. The van der Waals surface area contributed by atoms with Crippen LogP contribution in [-0.2, 0) is 11.3 Å². The summed E-state index contributed by atoms with van der Waals surface area (Å²) in [6.45, 7) is 7.37. The number of hydrogen-bond donors (Lipinski definition) is 0. The molecule has 5 nitrogen and oxygen atoms in total. The minimum Gasteiger partial charge on any atom is -0.493 e. The van der Waals surface area contributed by atoms with E-state index in [0.29, 0.717) is 36.8 Å². The number of carbonyl (C=O) groups is 1. The Labute approximate surface area is 178 Å². The SMILES string of the molecule is C=CCN(Cc1ccc(C#N)cc1)C(=O)/C=C/c1ccc(OCCCC)c(OC)c1. The molecule has 0 fully saturated rings. The molecule has 0 heterocycles. The number of amides is 1. The molecule has 0 saturated heterocycles. The molecule has 0 aromatic heterocycles. The number of carbonyl (C=O) groups excluding carboxylic acids is 1. The predicted octanol–water partition coefficient (Wildman–Crippen LogP) is 4.97. The van der Waals surface area contributed by atoms with Gasteiger partial charge in [-0.3, -0.25) is 4.79 Å². The zero-order valence-electron chi connectivity index (χ0n) is 17.6. The van der Waals surface area contributed by atoms with E-state index in [1.807, 2.05) is 30.3 Å². The Morgan fingerprint density at radius 1 is 1.20 bits per heavy atom. The van der Waals surface area contributed by atoms with E-state index < -0.39 is 0 Å². The molecule has 1 amide bonds. The Kier molecular flexibility index (Phi) is 9.20. The van der Waals surface area contributed by atoms with Gasteiger partial charge >= 0.3 is 0 Å². The van der Waals surface area contributed by atoms with Crippen LogP contribution in [0.25, 0.3) is 6.08 Å². The van der Waals surface area contributed by atoms with Crippen LogP contribution in [0.4, 0.5) is 0 Å². The van der Waals surface area contributed by atoms with Crippen LogP contribution >= 0.6 is 0 Å². The minimum absolute atomic E-state index is 0.124. The quantitative estimate of drug-likeness (QED) is 0.301. The number of ether oxygens (including phenoxy) is 2. The maximum atomic E-state index is 12.7. The molecule has 0 aliphatic heterocycles. The second-order valence-corrected chi connectivity index (χ2v) is 6.76. The fourth-order valence-corrected chi connectivity index (χ4v) is 2.80. The normalized spacial score (nSPS) is 10.4. The van der Waals surface area contributed by atoms with Gasteiger partial charge < -0.3 is 14.4 Å². The molecule has 0 N–H and O–H groups in total. The van der Waals surface area contributed by atoms with Crippen molar-refractivity contribution in [2.45, 2.75) is 26.3 Å². The van der Waals surface area contributed by atoms with Gasteiger partial charge in [0.1, 0.15) is 0 Å². The van der Waals surface area contributed by atoms with Crippen molar-refractivity contribution in [2.24, 2.45) is 0 Å². The number of methoxy groups -OCH3 is 1. The third kappa shape index (κ3) is 6.82. The number of unbranched alkanes of at least 4 members (excludes halogenated alkanes) is 1. The molecule has 0 radical (unpaired) electrons. The first kappa shape index (κ1) is 22.8. The highest BCUT2D eigenvalue weighted by molar-refractivity contribution is 5.92. The third-order valence-corrected chi connectivity index (χ3v) is 4.48. The van der Waals surface area contributed by atoms with Crippen molar-refractivity contribution in [3.05, 3.63) is 77.9 Å². The molecule has 0 aliphatic rings. The van der Waals surface area contributed by atoms with Crippen molar-refractivity contribution in [1.82, 2.24) is 4.90 Å². The van der Waals surface area contributed by atoms with Gasteiger partial charge in [-0.2, -0.15) is 5.26 Å². The van der Waals surface area contributed by atoms with E-state index in [-0.39, 0.29) is 5.91 Å². The summed E-state index contributed by atoms with van der Waals surface area (Å²) in [5.74, 6) is 1.21. The number of rotatable bonds is 11. The predicted molar refractivity (Wildman–Crippen MR) is 119 cm³/mol. The van der Waals surface area contributed by atoms with Gasteiger partial charge in [0.2, 0.25) is 5.91 Å². The molecule has 0 aliphatic carbocycles. The Morgan fingerprint density at radius 3 is 2.60 bits per heavy atom. The van der Waals surface area contributed by atoms with Crippen molar-refractivity contribution in [1.29, 1.82) is 5.26 Å². The Hall–Kier alpha value is -3.52. The van der Waals surface area contributed by atoms with E-state index in [9.17, 15) is 4.79 Å². The van der Waals surface area contributed by atoms with Crippen LogP contribution in [0.1, 0.15) is 36.5 Å². The zero-order chi connectivity index (χ0) is 21.8. The molecule has 2 aromatic rings. The molecule has 156 valence electrons. The molecule has 30 heavy (non-hydrogen) atoms. The monoisotopic (exact) mass is 404 g/mol. The summed E-state index contributed by atoms with van der Waals surface area (Å²) in [7, 11) is 1.60. The minimum atomic E-state index is -0.124. The van der Waals surface area contributed by atoms with Crippen LogP contribution in [-0.4, -0.2) is 31.1 Å². The molecule has 0 unspecified atom stereocenters. The molecule has 5 heteroatoms. The lowest BCUT2D eigenvalue weighted by atomic mass is 10.1. The van der Waals surface area contributed by atoms with E-state index in [1.54, 1.807) is 42.4 Å². The maximum absolute atomic E-state index is 12.7. The first-order valence-corrected chi connectivity index (χ1v) is 9.99. The lowest BCUT2D eigenvalue weighted by molar-refractivity contribution is -0.126. The van der Waals surface area contributed by atoms with Crippen LogP contribution < -0.4 is 9.47 Å². The molecule has 2 aromatic carbocycles. The van der Waals surface area contributed by atoms with Crippen LogP contribution in [0.2, 0.25) is 0 Å². The molecule has 0 saturated carbocycles. The summed E-state index contributed by atoms with van der Waals surface area (Å²) < 4.78 is 11.2. The van der Waals surface area contributed by atoms with Crippen molar-refractivity contribution < 1.29 is 14.3 Å². The molecule has 2 rings (SSSR count). The number of hydrogen-bond acceptors (Lipinski definition) is 4. The first-order chi connectivity index (χ1) is 14.6. The molecule has 0 bridgehead atoms. The Balaban J connectivity index is 2.08. The second kappa shape index (κ2) is 12.1. The molecule has 0 spiro atoms. The number of nitrogens with zero attached hydrogens (tertiary/aromatic N) is 2. The zero-order valence-corrected chi connectivity index (χ0v) is 17.6. The fraction of sp³-hybridized carbons (Fsp3) is 0.280. The standard InChI is InChI=1S/C25H28N2O3/c1-4-6-16-30-23-13-11-20(17-24(23)29-3)12-14-25(28)27(15-5-2)19-22-9-7-21(18-26)8-10-22/h5,7-14,17H,2,4,6,15-16,19H2,1,3H3/b14-12+. The summed E-state index contributed by atoms with van der Waals surface area (Å²) in [4.78, 5) is 14.4. The summed E-state index contributed by atoms with van der Waals surface area (Å²) in [5.41, 5.74) is 2.39. The van der Waals surface area contributed by atoms with E-state index in [0.717, 1.165) is 24.0 Å². The van der Waals surface area contributed by atoms with Crippen molar-refractivity contribution in [3.63, 3.8) is 0 Å². The van der Waals surface area contributed by atoms with Gasteiger partial charge in [-0.05, 0) is 47.9 Å². The average molecular weight is 405 g/mol. The first-order valence-electron chi connectivity index (χ1n) is 9.99. The summed E-state index contributed by atoms with van der Waals surface area (Å²) in [6, 6.07) is 14.9. The lowest BCUT2D eigenvalue weighted by Crippen LogP contribution is -2.29. The topological polar surface area (TPSA) is 62.6 Å². The summed E-state index contributed by atoms with van der Waals surface area (Å²) in [6.07, 6.45) is 7.04. The smallest absolute Gasteiger partial charge is 0.247 e. The highest BCUT2D eigenvalue weighted by atomic mass is 16.5. The van der Waals surface area contributed by atoms with Crippen LogP contribution in [0.3, 0.4) is 0 Å². The average Bonchev–Trinajstić information content (AvgIpc) is 2.78. The van der Waals surface area contributed by atoms with E-state index in [4.69, 9.17) is 14.7 Å². The van der Waals surface area contributed by atoms with E-state index in [2.05, 4.69) is 19.6 Å². The lowest BCUT2D eigenvalue weighted by Gasteiger charge is -2.19. The molecule has 0 atom stereocenters. The van der Waals surface area contributed by atoms with Gasteiger partial charge in [0.05, 0.1) is 25.3 Å².